The SMILES string of the molecule is CC(C)Sc1c(Cl)cccc1Br. The van der Waals surface area contributed by atoms with Crippen molar-refractivity contribution in [1.82, 2.24) is 0 Å². The second kappa shape index (κ2) is 4.54. The maximum atomic E-state index is 6.02. The first-order chi connectivity index (χ1) is 5.61. The summed E-state index contributed by atoms with van der Waals surface area (Å²) in [4.78, 5) is 1.13. The monoisotopic (exact) mass is 264 g/mol. The van der Waals surface area contributed by atoms with Gasteiger partial charge in [0, 0.05) is 14.6 Å². The Morgan fingerprint density at radius 2 is 2.08 bits per heavy atom. The molecule has 3 heteroatoms. The van der Waals surface area contributed by atoms with E-state index in [4.69, 9.17) is 11.6 Å². The maximum absolute atomic E-state index is 6.02. The number of hydrogen-bond donors (Lipinski definition) is 0. The van der Waals surface area contributed by atoms with Gasteiger partial charge in [0.15, 0.2) is 0 Å². The molecule has 0 bridgehead atoms. The van der Waals surface area contributed by atoms with Gasteiger partial charge in [0.1, 0.15) is 0 Å². The van der Waals surface area contributed by atoms with Crippen LogP contribution in [0.5, 0.6) is 0 Å². The minimum atomic E-state index is 0.557. The molecule has 0 aliphatic heterocycles. The van der Waals surface area contributed by atoms with Gasteiger partial charge in [0.25, 0.3) is 0 Å². The fraction of sp³-hybridized carbons (Fsp3) is 0.333. The Hall–Kier alpha value is 0.340. The van der Waals surface area contributed by atoms with Crippen molar-refractivity contribution in [1.29, 1.82) is 0 Å². The summed E-state index contributed by atoms with van der Waals surface area (Å²) in [5.41, 5.74) is 0. The number of thioether (sulfide) groups is 1. The minimum Gasteiger partial charge on any atom is -0.121 e. The Bertz CT molecular complexity index is 253. The molecule has 0 spiro atoms. The van der Waals surface area contributed by atoms with Crippen LogP contribution in [-0.2, 0) is 0 Å². The minimum absolute atomic E-state index is 0.557. The number of hydrogen-bond acceptors (Lipinski definition) is 1. The zero-order valence-corrected chi connectivity index (χ0v) is 10.1. The lowest BCUT2D eigenvalue weighted by Gasteiger charge is -2.08. The van der Waals surface area contributed by atoms with Crippen LogP contribution in [0, 0.1) is 0 Å². The van der Waals surface area contributed by atoms with Crippen molar-refractivity contribution in [2.75, 3.05) is 0 Å². The van der Waals surface area contributed by atoms with Gasteiger partial charge in [-0.1, -0.05) is 31.5 Å². The number of halogens is 2. The van der Waals surface area contributed by atoms with E-state index in [1.165, 1.54) is 0 Å². The van der Waals surface area contributed by atoms with E-state index in [1.807, 2.05) is 18.2 Å². The van der Waals surface area contributed by atoms with Crippen LogP contribution in [0.4, 0.5) is 0 Å². The van der Waals surface area contributed by atoms with E-state index in [1.54, 1.807) is 11.8 Å². The van der Waals surface area contributed by atoms with E-state index in [0.29, 0.717) is 5.25 Å². The van der Waals surface area contributed by atoms with Crippen LogP contribution in [-0.4, -0.2) is 5.25 Å². The lowest BCUT2D eigenvalue weighted by atomic mass is 10.4. The fourth-order valence-electron chi connectivity index (χ4n) is 0.831. The highest BCUT2D eigenvalue weighted by Crippen LogP contribution is 2.36. The van der Waals surface area contributed by atoms with E-state index >= 15 is 0 Å². The predicted octanol–water partition coefficient (Wildman–Crippen LogP) is 4.60. The molecular weight excluding hydrogens is 256 g/mol. The zero-order chi connectivity index (χ0) is 9.14. The van der Waals surface area contributed by atoms with Crippen LogP contribution >= 0.6 is 39.3 Å². The first-order valence-electron chi connectivity index (χ1n) is 3.72. The summed E-state index contributed by atoms with van der Waals surface area (Å²) in [5.74, 6) is 0. The van der Waals surface area contributed by atoms with E-state index in [0.717, 1.165) is 14.4 Å². The number of rotatable bonds is 2. The molecule has 0 N–H and O–H groups in total. The van der Waals surface area contributed by atoms with Crippen molar-refractivity contribution in [3.05, 3.63) is 27.7 Å². The van der Waals surface area contributed by atoms with Crippen molar-refractivity contribution in [3.63, 3.8) is 0 Å². The van der Waals surface area contributed by atoms with E-state index in [2.05, 4.69) is 29.8 Å². The van der Waals surface area contributed by atoms with Gasteiger partial charge in [-0.3, -0.25) is 0 Å². The molecule has 0 saturated heterocycles. The second-order valence-electron chi connectivity index (χ2n) is 2.72. The third-order valence-electron chi connectivity index (χ3n) is 1.27. The standard InChI is InChI=1S/C9H10BrClS/c1-6(2)12-9-7(10)4-3-5-8(9)11/h3-6H,1-2H3. The largest absolute Gasteiger partial charge is 0.121 e. The van der Waals surface area contributed by atoms with Gasteiger partial charge in [0.05, 0.1) is 5.02 Å². The summed E-state index contributed by atoms with van der Waals surface area (Å²) in [6.07, 6.45) is 0. The average molecular weight is 266 g/mol. The Labute approximate surface area is 90.8 Å². The fourth-order valence-corrected chi connectivity index (χ4v) is 2.73. The lowest BCUT2D eigenvalue weighted by Crippen LogP contribution is -1.87. The normalized spacial score (nSPS) is 10.8. The molecule has 0 aliphatic rings. The molecule has 66 valence electrons. The summed E-state index contributed by atoms with van der Waals surface area (Å²) in [7, 11) is 0. The molecule has 0 nitrogen and oxygen atoms in total. The van der Waals surface area contributed by atoms with Gasteiger partial charge in [-0.05, 0) is 28.1 Å². The molecule has 0 aromatic heterocycles. The van der Waals surface area contributed by atoms with Crippen molar-refractivity contribution in [2.45, 2.75) is 24.0 Å². The van der Waals surface area contributed by atoms with Gasteiger partial charge >= 0.3 is 0 Å². The van der Waals surface area contributed by atoms with Gasteiger partial charge in [0.2, 0.25) is 0 Å². The van der Waals surface area contributed by atoms with Crippen LogP contribution < -0.4 is 0 Å². The predicted molar refractivity (Wildman–Crippen MR) is 60.1 cm³/mol. The molecular formula is C9H10BrClS. The summed E-state index contributed by atoms with van der Waals surface area (Å²) in [6, 6.07) is 5.87. The zero-order valence-electron chi connectivity index (χ0n) is 6.97. The first kappa shape index (κ1) is 10.4. The third kappa shape index (κ3) is 2.68. The highest BCUT2D eigenvalue weighted by molar-refractivity contribution is 9.10. The van der Waals surface area contributed by atoms with Gasteiger partial charge in [-0.25, -0.2) is 0 Å². The number of benzene rings is 1. The van der Waals surface area contributed by atoms with Crippen LogP contribution in [0.1, 0.15) is 13.8 Å². The van der Waals surface area contributed by atoms with Crippen molar-refractivity contribution in [3.8, 4) is 0 Å². The van der Waals surface area contributed by atoms with Crippen LogP contribution in [0.3, 0.4) is 0 Å². The van der Waals surface area contributed by atoms with Crippen LogP contribution in [0.15, 0.2) is 27.6 Å². The van der Waals surface area contributed by atoms with E-state index < -0.39 is 0 Å². The second-order valence-corrected chi connectivity index (χ2v) is 5.57. The molecule has 1 aromatic carbocycles. The van der Waals surface area contributed by atoms with Gasteiger partial charge in [-0.2, -0.15) is 0 Å². The Morgan fingerprint density at radius 3 is 2.58 bits per heavy atom. The van der Waals surface area contributed by atoms with E-state index in [-0.39, 0.29) is 0 Å². The van der Waals surface area contributed by atoms with Crippen LogP contribution in [0.2, 0.25) is 5.02 Å². The Balaban J connectivity index is 2.96. The smallest absolute Gasteiger partial charge is 0.0553 e. The summed E-state index contributed by atoms with van der Waals surface area (Å²) >= 11 is 11.3. The summed E-state index contributed by atoms with van der Waals surface area (Å²) in [5, 5.41) is 1.38. The third-order valence-corrected chi connectivity index (χ3v) is 3.77. The van der Waals surface area contributed by atoms with Crippen molar-refractivity contribution >= 4 is 39.3 Å². The summed E-state index contributed by atoms with van der Waals surface area (Å²) < 4.78 is 1.08. The Morgan fingerprint density at radius 1 is 1.42 bits per heavy atom. The molecule has 0 saturated carbocycles. The molecule has 1 aromatic rings. The molecule has 0 radical (unpaired) electrons. The van der Waals surface area contributed by atoms with Crippen LogP contribution in [0.25, 0.3) is 0 Å². The molecule has 0 aliphatic carbocycles. The molecule has 12 heavy (non-hydrogen) atoms. The Kier molecular flexibility index (Phi) is 3.94. The highest BCUT2D eigenvalue weighted by Gasteiger charge is 2.06. The lowest BCUT2D eigenvalue weighted by molar-refractivity contribution is 1.11. The summed E-state index contributed by atoms with van der Waals surface area (Å²) in [6.45, 7) is 4.31. The molecule has 0 heterocycles. The molecule has 0 fully saturated rings. The molecule has 0 amide bonds. The molecule has 0 unspecified atom stereocenters. The molecule has 1 rings (SSSR count). The van der Waals surface area contributed by atoms with Crippen molar-refractivity contribution in [2.24, 2.45) is 0 Å². The van der Waals surface area contributed by atoms with Gasteiger partial charge in [-0.15, -0.1) is 11.8 Å². The highest BCUT2D eigenvalue weighted by atomic mass is 79.9. The maximum Gasteiger partial charge on any atom is 0.0553 e. The van der Waals surface area contributed by atoms with Gasteiger partial charge < -0.3 is 0 Å². The first-order valence-corrected chi connectivity index (χ1v) is 5.77. The van der Waals surface area contributed by atoms with E-state index in [9.17, 15) is 0 Å². The molecule has 0 atom stereocenters. The quantitative estimate of drug-likeness (QED) is 0.704. The topological polar surface area (TPSA) is 0 Å². The van der Waals surface area contributed by atoms with Crippen molar-refractivity contribution < 1.29 is 0 Å². The average Bonchev–Trinajstić information content (AvgIpc) is 1.97.